The second-order valence-corrected chi connectivity index (χ2v) is 10.3. The first-order chi connectivity index (χ1) is 11.6. The van der Waals surface area contributed by atoms with Crippen molar-refractivity contribution in [3.8, 4) is 0 Å². The zero-order valence-electron chi connectivity index (χ0n) is 15.7. The van der Waals surface area contributed by atoms with Gasteiger partial charge < -0.3 is 11.1 Å². The first-order valence-corrected chi connectivity index (χ1v) is 11.1. The van der Waals surface area contributed by atoms with Gasteiger partial charge in [-0.15, -0.1) is 11.8 Å². The van der Waals surface area contributed by atoms with Crippen molar-refractivity contribution in [1.29, 1.82) is 0 Å². The van der Waals surface area contributed by atoms with E-state index in [1.807, 2.05) is 27.7 Å². The van der Waals surface area contributed by atoms with E-state index < -0.39 is 20.6 Å². The summed E-state index contributed by atoms with van der Waals surface area (Å²) in [6, 6.07) is 6.86. The summed E-state index contributed by atoms with van der Waals surface area (Å²) in [7, 11) is -3.34. The van der Waals surface area contributed by atoms with Gasteiger partial charge in [-0.1, -0.05) is 32.9 Å². The van der Waals surface area contributed by atoms with Crippen molar-refractivity contribution in [2.75, 3.05) is 12.3 Å². The maximum Gasteiger partial charge on any atom is 0.233 e. The van der Waals surface area contributed by atoms with E-state index in [2.05, 4.69) is 5.32 Å². The Morgan fingerprint density at radius 1 is 1.28 bits per heavy atom. The number of sulfone groups is 1. The van der Waals surface area contributed by atoms with E-state index in [-0.39, 0.29) is 17.6 Å². The first kappa shape index (κ1) is 22.0. The van der Waals surface area contributed by atoms with Crippen molar-refractivity contribution < 1.29 is 13.2 Å². The lowest BCUT2D eigenvalue weighted by molar-refractivity contribution is -0.122. The predicted octanol–water partition coefficient (Wildman–Crippen LogP) is 2.84. The van der Waals surface area contributed by atoms with E-state index in [1.54, 1.807) is 31.2 Å². The quantitative estimate of drug-likeness (QED) is 0.637. The molecule has 0 aliphatic heterocycles. The molecule has 0 aliphatic carbocycles. The van der Waals surface area contributed by atoms with Crippen LogP contribution in [-0.2, 0) is 14.6 Å². The van der Waals surface area contributed by atoms with E-state index in [1.165, 1.54) is 11.8 Å². The van der Waals surface area contributed by atoms with Gasteiger partial charge in [0, 0.05) is 11.4 Å². The van der Waals surface area contributed by atoms with E-state index in [9.17, 15) is 13.2 Å². The fraction of sp³-hybridized carbons (Fsp3) is 0.611. The smallest absolute Gasteiger partial charge is 0.233 e. The summed E-state index contributed by atoms with van der Waals surface area (Å²) in [5, 5.41) is 2.58. The molecule has 3 N–H and O–H groups in total. The molecule has 0 radical (unpaired) electrons. The molecule has 1 rings (SSSR count). The van der Waals surface area contributed by atoms with Crippen LogP contribution in [0.5, 0.6) is 0 Å². The van der Waals surface area contributed by atoms with Crippen LogP contribution in [0.15, 0.2) is 34.1 Å². The van der Waals surface area contributed by atoms with Crippen molar-refractivity contribution in [2.24, 2.45) is 11.7 Å². The molecule has 25 heavy (non-hydrogen) atoms. The summed E-state index contributed by atoms with van der Waals surface area (Å²) >= 11 is 1.26. The van der Waals surface area contributed by atoms with Crippen LogP contribution in [0.4, 0.5) is 0 Å². The summed E-state index contributed by atoms with van der Waals surface area (Å²) in [5.41, 5.74) is 5.34. The number of nitrogens with one attached hydrogen (secondary N) is 1. The van der Waals surface area contributed by atoms with Crippen LogP contribution < -0.4 is 11.1 Å². The number of hydrogen-bond acceptors (Lipinski definition) is 5. The zero-order valence-corrected chi connectivity index (χ0v) is 17.3. The second-order valence-electron chi connectivity index (χ2n) is 6.79. The standard InChI is InChI=1S/C18H30N2O3S2/c1-6-11-25(22,23)16-10-8-7-9-15(16)24-14(4)17(21)20-18(5,12-19)13(2)3/h7-10,13-14H,6,11-12,19H2,1-5H3,(H,20,21). The van der Waals surface area contributed by atoms with Gasteiger partial charge in [0.1, 0.15) is 0 Å². The summed E-state index contributed by atoms with van der Waals surface area (Å²) in [6.45, 7) is 9.90. The lowest BCUT2D eigenvalue weighted by Crippen LogP contribution is -2.56. The molecule has 0 saturated carbocycles. The zero-order chi connectivity index (χ0) is 19.3. The van der Waals surface area contributed by atoms with Gasteiger partial charge >= 0.3 is 0 Å². The highest BCUT2D eigenvalue weighted by atomic mass is 32.2. The monoisotopic (exact) mass is 386 g/mol. The Morgan fingerprint density at radius 3 is 2.40 bits per heavy atom. The molecule has 0 spiro atoms. The number of hydrogen-bond donors (Lipinski definition) is 2. The SMILES string of the molecule is CCCS(=O)(=O)c1ccccc1SC(C)C(=O)NC(C)(CN)C(C)C. The third-order valence-corrected chi connectivity index (χ3v) is 7.72. The molecule has 5 nitrogen and oxygen atoms in total. The van der Waals surface area contributed by atoms with Crippen molar-refractivity contribution in [2.45, 2.75) is 61.6 Å². The fourth-order valence-corrected chi connectivity index (χ4v) is 5.07. The van der Waals surface area contributed by atoms with Crippen molar-refractivity contribution in [1.82, 2.24) is 5.32 Å². The Kier molecular flexibility index (Phi) is 7.96. The molecule has 0 fully saturated rings. The molecule has 1 amide bonds. The number of thioether (sulfide) groups is 1. The molecule has 7 heteroatoms. The highest BCUT2D eigenvalue weighted by Crippen LogP contribution is 2.31. The van der Waals surface area contributed by atoms with Crippen molar-refractivity contribution in [3.63, 3.8) is 0 Å². The molecule has 0 aliphatic rings. The average molecular weight is 387 g/mol. The van der Waals surface area contributed by atoms with Crippen LogP contribution in [0.2, 0.25) is 0 Å². The van der Waals surface area contributed by atoms with Crippen molar-refractivity contribution >= 4 is 27.5 Å². The minimum Gasteiger partial charge on any atom is -0.348 e. The topological polar surface area (TPSA) is 89.3 Å². The molecular weight excluding hydrogens is 356 g/mol. The normalized spacial score (nSPS) is 15.6. The Balaban J connectivity index is 2.98. The number of rotatable bonds is 9. The van der Waals surface area contributed by atoms with E-state index in [0.29, 0.717) is 22.8 Å². The maximum absolute atomic E-state index is 12.6. The number of nitrogens with two attached hydrogens (primary N) is 1. The molecule has 0 heterocycles. The molecule has 142 valence electrons. The van der Waals surface area contributed by atoms with Gasteiger partial charge in [-0.05, 0) is 38.3 Å². The molecule has 0 aromatic heterocycles. The van der Waals surface area contributed by atoms with Crippen LogP contribution in [0.25, 0.3) is 0 Å². The molecular formula is C18H30N2O3S2. The molecule has 1 aromatic carbocycles. The van der Waals surface area contributed by atoms with Gasteiger partial charge in [-0.2, -0.15) is 0 Å². The van der Waals surface area contributed by atoms with Crippen molar-refractivity contribution in [3.05, 3.63) is 24.3 Å². The Morgan fingerprint density at radius 2 is 1.88 bits per heavy atom. The maximum atomic E-state index is 12.6. The van der Waals surface area contributed by atoms with Crippen LogP contribution in [0.3, 0.4) is 0 Å². The molecule has 0 saturated heterocycles. The summed E-state index contributed by atoms with van der Waals surface area (Å²) < 4.78 is 24.9. The predicted molar refractivity (Wildman–Crippen MR) is 105 cm³/mol. The van der Waals surface area contributed by atoms with Crippen LogP contribution in [0.1, 0.15) is 41.0 Å². The van der Waals surface area contributed by atoms with Gasteiger partial charge in [0.05, 0.1) is 21.4 Å². The highest BCUT2D eigenvalue weighted by Gasteiger charge is 2.31. The van der Waals surface area contributed by atoms with E-state index in [0.717, 1.165) is 0 Å². The van der Waals surface area contributed by atoms with Crippen LogP contribution in [0, 0.1) is 5.92 Å². The number of amides is 1. The largest absolute Gasteiger partial charge is 0.348 e. The number of benzene rings is 1. The van der Waals surface area contributed by atoms with E-state index in [4.69, 9.17) is 5.73 Å². The Labute approximate surface area is 156 Å². The van der Waals surface area contributed by atoms with Gasteiger partial charge in [0.25, 0.3) is 0 Å². The highest BCUT2D eigenvalue weighted by molar-refractivity contribution is 8.01. The second kappa shape index (κ2) is 9.05. The first-order valence-electron chi connectivity index (χ1n) is 8.58. The lowest BCUT2D eigenvalue weighted by atomic mass is 9.88. The van der Waals surface area contributed by atoms with E-state index >= 15 is 0 Å². The summed E-state index contributed by atoms with van der Waals surface area (Å²) in [5.74, 6) is 0.147. The minimum atomic E-state index is -3.34. The van der Waals surface area contributed by atoms with Crippen LogP contribution in [-0.4, -0.2) is 37.4 Å². The summed E-state index contributed by atoms with van der Waals surface area (Å²) in [6.07, 6.45) is 0.556. The average Bonchev–Trinajstić information content (AvgIpc) is 2.54. The van der Waals surface area contributed by atoms with Gasteiger partial charge in [-0.3, -0.25) is 4.79 Å². The minimum absolute atomic E-state index is 0.101. The molecule has 1 aromatic rings. The van der Waals surface area contributed by atoms with Gasteiger partial charge in [0.2, 0.25) is 5.91 Å². The molecule has 0 bridgehead atoms. The van der Waals surface area contributed by atoms with Gasteiger partial charge in [-0.25, -0.2) is 8.42 Å². The Hall–Kier alpha value is -1.05. The number of carbonyl (C=O) groups is 1. The van der Waals surface area contributed by atoms with Crippen LogP contribution >= 0.6 is 11.8 Å². The lowest BCUT2D eigenvalue weighted by Gasteiger charge is -2.34. The third-order valence-electron chi connectivity index (χ3n) is 4.44. The Bertz CT molecular complexity index is 689. The van der Waals surface area contributed by atoms with Gasteiger partial charge in [0.15, 0.2) is 9.84 Å². The summed E-state index contributed by atoms with van der Waals surface area (Å²) in [4.78, 5) is 13.5. The molecule has 2 unspecified atom stereocenters. The molecule has 2 atom stereocenters. The fourth-order valence-electron chi connectivity index (χ4n) is 2.24. The number of carbonyl (C=O) groups excluding carboxylic acids is 1. The third kappa shape index (κ3) is 5.72.